The molecular formula is C10H12ClFO3S. The molecule has 0 bridgehead atoms. The van der Waals surface area contributed by atoms with Crippen LogP contribution in [0.2, 0.25) is 5.02 Å². The molecule has 0 unspecified atom stereocenters. The predicted octanol–water partition coefficient (Wildman–Crippen LogP) is 3.03. The second-order valence-electron chi connectivity index (χ2n) is 3.73. The Bertz CT molecular complexity index is 471. The van der Waals surface area contributed by atoms with Crippen molar-refractivity contribution in [2.24, 2.45) is 5.92 Å². The summed E-state index contributed by atoms with van der Waals surface area (Å²) in [5.41, 5.74) is 0. The normalized spacial score (nSPS) is 11.8. The Hall–Kier alpha value is -0.810. The number of hydrogen-bond donors (Lipinski definition) is 0. The summed E-state index contributed by atoms with van der Waals surface area (Å²) in [7, 11) is -4.71. The van der Waals surface area contributed by atoms with E-state index in [1.165, 1.54) is 6.07 Å². The molecule has 16 heavy (non-hydrogen) atoms. The molecule has 0 saturated carbocycles. The fraction of sp³-hybridized carbons (Fsp3) is 0.400. The Balaban J connectivity index is 2.92. The van der Waals surface area contributed by atoms with E-state index in [1.807, 2.05) is 13.8 Å². The van der Waals surface area contributed by atoms with Crippen molar-refractivity contribution in [2.75, 3.05) is 6.61 Å². The van der Waals surface area contributed by atoms with Crippen molar-refractivity contribution in [3.8, 4) is 5.75 Å². The Kier molecular flexibility index (Phi) is 4.15. The minimum Gasteiger partial charge on any atom is -0.492 e. The largest absolute Gasteiger partial charge is 0.492 e. The Morgan fingerprint density at radius 3 is 2.50 bits per heavy atom. The molecular weight excluding hydrogens is 255 g/mol. The van der Waals surface area contributed by atoms with E-state index in [9.17, 15) is 12.3 Å². The second kappa shape index (κ2) is 5.01. The van der Waals surface area contributed by atoms with Crippen molar-refractivity contribution in [1.82, 2.24) is 0 Å². The zero-order valence-electron chi connectivity index (χ0n) is 8.91. The lowest BCUT2D eigenvalue weighted by atomic mass is 10.2. The van der Waals surface area contributed by atoms with Crippen molar-refractivity contribution in [1.29, 1.82) is 0 Å². The highest BCUT2D eigenvalue weighted by Gasteiger charge is 2.14. The van der Waals surface area contributed by atoms with Crippen molar-refractivity contribution in [3.63, 3.8) is 0 Å². The standard InChI is InChI=1S/C10H12ClFO3S/c1-7(2)6-15-10-4-3-8(5-9(10)11)16(12,13)14/h3-5,7H,6H2,1-2H3. The molecule has 0 aliphatic carbocycles. The molecule has 0 aliphatic rings. The van der Waals surface area contributed by atoms with Crippen LogP contribution >= 0.6 is 11.6 Å². The maximum absolute atomic E-state index is 12.6. The fourth-order valence-electron chi connectivity index (χ4n) is 1.01. The topological polar surface area (TPSA) is 43.4 Å². The molecule has 0 aliphatic heterocycles. The van der Waals surface area contributed by atoms with E-state index in [0.717, 1.165) is 12.1 Å². The number of benzene rings is 1. The summed E-state index contributed by atoms with van der Waals surface area (Å²) < 4.78 is 39.1. The fourth-order valence-corrected chi connectivity index (χ4v) is 1.80. The van der Waals surface area contributed by atoms with Gasteiger partial charge in [0.1, 0.15) is 10.6 Å². The summed E-state index contributed by atoms with van der Waals surface area (Å²) in [4.78, 5) is -0.464. The van der Waals surface area contributed by atoms with Gasteiger partial charge in [-0.2, -0.15) is 8.42 Å². The van der Waals surface area contributed by atoms with Crippen molar-refractivity contribution in [2.45, 2.75) is 18.7 Å². The Labute approximate surface area is 99.4 Å². The van der Waals surface area contributed by atoms with Crippen LogP contribution in [0.3, 0.4) is 0 Å². The first-order chi connectivity index (χ1) is 7.30. The third-order valence-corrected chi connectivity index (χ3v) is 2.87. The van der Waals surface area contributed by atoms with Gasteiger partial charge < -0.3 is 4.74 Å². The first-order valence-electron chi connectivity index (χ1n) is 4.67. The highest BCUT2D eigenvalue weighted by Crippen LogP contribution is 2.28. The molecule has 0 fully saturated rings. The SMILES string of the molecule is CC(C)COc1ccc(S(=O)(=O)F)cc1Cl. The van der Waals surface area contributed by atoms with E-state index in [4.69, 9.17) is 16.3 Å². The Morgan fingerprint density at radius 1 is 1.44 bits per heavy atom. The van der Waals surface area contributed by atoms with Gasteiger partial charge in [0.2, 0.25) is 0 Å². The summed E-state index contributed by atoms with van der Waals surface area (Å²) in [5, 5.41) is 0.0828. The molecule has 6 heteroatoms. The zero-order chi connectivity index (χ0) is 12.3. The monoisotopic (exact) mass is 266 g/mol. The molecule has 0 N–H and O–H groups in total. The summed E-state index contributed by atoms with van der Waals surface area (Å²) in [6.45, 7) is 4.39. The van der Waals surface area contributed by atoms with E-state index in [-0.39, 0.29) is 5.02 Å². The third kappa shape index (κ3) is 3.64. The van der Waals surface area contributed by atoms with E-state index in [2.05, 4.69) is 0 Å². The van der Waals surface area contributed by atoms with Crippen molar-refractivity contribution < 1.29 is 17.0 Å². The van der Waals surface area contributed by atoms with E-state index >= 15 is 0 Å². The van der Waals surface area contributed by atoms with Crippen LogP contribution in [0.15, 0.2) is 23.1 Å². The van der Waals surface area contributed by atoms with Crippen LogP contribution in [0.1, 0.15) is 13.8 Å². The molecule has 0 spiro atoms. The van der Waals surface area contributed by atoms with Gasteiger partial charge in [-0.05, 0) is 24.1 Å². The minimum atomic E-state index is -4.71. The molecule has 0 atom stereocenters. The van der Waals surface area contributed by atoms with Crippen LogP contribution in [-0.2, 0) is 10.2 Å². The molecule has 1 aromatic rings. The van der Waals surface area contributed by atoms with Gasteiger partial charge in [-0.1, -0.05) is 25.4 Å². The zero-order valence-corrected chi connectivity index (χ0v) is 10.5. The van der Waals surface area contributed by atoms with Gasteiger partial charge in [0, 0.05) is 0 Å². The van der Waals surface area contributed by atoms with Crippen LogP contribution in [-0.4, -0.2) is 15.0 Å². The van der Waals surface area contributed by atoms with Crippen LogP contribution in [0, 0.1) is 5.92 Å². The summed E-state index contributed by atoms with van der Waals surface area (Å²) in [5.74, 6) is 0.670. The van der Waals surface area contributed by atoms with E-state index < -0.39 is 15.1 Å². The van der Waals surface area contributed by atoms with Crippen LogP contribution in [0.4, 0.5) is 3.89 Å². The summed E-state index contributed by atoms with van der Waals surface area (Å²) >= 11 is 5.76. The summed E-state index contributed by atoms with van der Waals surface area (Å²) in [6.07, 6.45) is 0. The average Bonchev–Trinajstić information content (AvgIpc) is 2.14. The van der Waals surface area contributed by atoms with E-state index in [1.54, 1.807) is 0 Å². The second-order valence-corrected chi connectivity index (χ2v) is 5.49. The smallest absolute Gasteiger partial charge is 0.332 e. The minimum absolute atomic E-state index is 0.0828. The molecule has 1 aromatic carbocycles. The lowest BCUT2D eigenvalue weighted by molar-refractivity contribution is 0.271. The lowest BCUT2D eigenvalue weighted by Gasteiger charge is -2.10. The van der Waals surface area contributed by atoms with Gasteiger partial charge in [-0.25, -0.2) is 0 Å². The van der Waals surface area contributed by atoms with Crippen molar-refractivity contribution in [3.05, 3.63) is 23.2 Å². The highest BCUT2D eigenvalue weighted by atomic mass is 35.5. The molecule has 3 nitrogen and oxygen atoms in total. The van der Waals surface area contributed by atoms with Crippen LogP contribution in [0.5, 0.6) is 5.75 Å². The summed E-state index contributed by atoms with van der Waals surface area (Å²) in [6, 6.07) is 3.50. The molecule has 0 saturated heterocycles. The first kappa shape index (κ1) is 13.3. The maximum atomic E-state index is 12.6. The average molecular weight is 267 g/mol. The quantitative estimate of drug-likeness (QED) is 0.787. The highest BCUT2D eigenvalue weighted by molar-refractivity contribution is 7.86. The molecule has 0 heterocycles. The molecule has 90 valence electrons. The number of ether oxygens (including phenoxy) is 1. The van der Waals surface area contributed by atoms with Gasteiger partial charge in [-0.15, -0.1) is 3.89 Å². The number of halogens is 2. The number of rotatable bonds is 4. The van der Waals surface area contributed by atoms with E-state index in [0.29, 0.717) is 18.3 Å². The maximum Gasteiger partial charge on any atom is 0.332 e. The lowest BCUT2D eigenvalue weighted by Crippen LogP contribution is -2.05. The van der Waals surface area contributed by atoms with Gasteiger partial charge in [-0.3, -0.25) is 0 Å². The van der Waals surface area contributed by atoms with Gasteiger partial charge >= 0.3 is 10.2 Å². The number of hydrogen-bond acceptors (Lipinski definition) is 3. The van der Waals surface area contributed by atoms with Gasteiger partial charge in [0.25, 0.3) is 0 Å². The molecule has 0 aromatic heterocycles. The third-order valence-electron chi connectivity index (χ3n) is 1.76. The van der Waals surface area contributed by atoms with Gasteiger partial charge in [0.15, 0.2) is 0 Å². The molecule has 0 radical (unpaired) electrons. The first-order valence-corrected chi connectivity index (χ1v) is 6.44. The van der Waals surface area contributed by atoms with Crippen molar-refractivity contribution >= 4 is 21.8 Å². The molecule has 0 amide bonds. The van der Waals surface area contributed by atoms with Crippen LogP contribution in [0.25, 0.3) is 0 Å². The Morgan fingerprint density at radius 2 is 2.06 bits per heavy atom. The van der Waals surface area contributed by atoms with Gasteiger partial charge in [0.05, 0.1) is 11.6 Å². The molecule has 1 rings (SSSR count). The predicted molar refractivity (Wildman–Crippen MR) is 60.1 cm³/mol. The van der Waals surface area contributed by atoms with Crippen LogP contribution < -0.4 is 4.74 Å².